The molecule has 3 heterocycles. The van der Waals surface area contributed by atoms with Gasteiger partial charge in [-0.15, -0.1) is 0 Å². The van der Waals surface area contributed by atoms with Crippen molar-refractivity contribution in [3.05, 3.63) is 35.5 Å². The van der Waals surface area contributed by atoms with Gasteiger partial charge < -0.3 is 9.80 Å². The van der Waals surface area contributed by atoms with Crippen LogP contribution in [0.25, 0.3) is 0 Å². The molecule has 2 aliphatic rings. The van der Waals surface area contributed by atoms with Gasteiger partial charge in [0.05, 0.1) is 18.1 Å². The minimum Gasteiger partial charge on any atom is -0.367 e. The molecule has 0 amide bonds. The van der Waals surface area contributed by atoms with Crippen molar-refractivity contribution in [3.8, 4) is 0 Å². The maximum atomic E-state index is 4.78. The Morgan fingerprint density at radius 1 is 0.913 bits per heavy atom. The van der Waals surface area contributed by atoms with Crippen LogP contribution in [0.1, 0.15) is 29.9 Å². The van der Waals surface area contributed by atoms with Crippen molar-refractivity contribution in [1.82, 2.24) is 20.2 Å². The number of anilines is 2. The van der Waals surface area contributed by atoms with Crippen molar-refractivity contribution < 1.29 is 0 Å². The Hall–Kier alpha value is -2.24. The molecule has 1 aliphatic heterocycles. The summed E-state index contributed by atoms with van der Waals surface area (Å²) >= 11 is 0. The van der Waals surface area contributed by atoms with Crippen LogP contribution in [0, 0.1) is 6.92 Å². The van der Waals surface area contributed by atoms with E-state index in [1.165, 1.54) is 29.9 Å². The summed E-state index contributed by atoms with van der Waals surface area (Å²) in [4.78, 5) is 14.3. The number of aromatic nitrogens is 4. The summed E-state index contributed by atoms with van der Waals surface area (Å²) in [5.74, 6) is 2.08. The molecule has 6 nitrogen and oxygen atoms in total. The van der Waals surface area contributed by atoms with E-state index in [0.29, 0.717) is 0 Å². The minimum atomic E-state index is 0.904. The topological polar surface area (TPSA) is 58.0 Å². The summed E-state index contributed by atoms with van der Waals surface area (Å²) in [6.07, 6.45) is 8.34. The van der Waals surface area contributed by atoms with E-state index in [4.69, 9.17) is 4.98 Å². The summed E-state index contributed by atoms with van der Waals surface area (Å²) in [7, 11) is 0. The largest absolute Gasteiger partial charge is 0.367 e. The molecule has 120 valence electrons. The fraction of sp³-hybridized carbons (Fsp3) is 0.529. The summed E-state index contributed by atoms with van der Waals surface area (Å²) in [6.45, 7) is 5.97. The van der Waals surface area contributed by atoms with Crippen LogP contribution in [0.15, 0.2) is 18.5 Å². The lowest BCUT2D eigenvalue weighted by atomic mass is 9.96. The molecule has 1 aliphatic carbocycles. The fourth-order valence-corrected chi connectivity index (χ4v) is 3.60. The Bertz CT molecular complexity index is 679. The van der Waals surface area contributed by atoms with E-state index in [1.54, 1.807) is 6.20 Å². The highest BCUT2D eigenvalue weighted by Gasteiger charge is 2.24. The van der Waals surface area contributed by atoms with Crippen molar-refractivity contribution >= 4 is 11.5 Å². The molecule has 0 bridgehead atoms. The maximum Gasteiger partial charge on any atom is 0.135 e. The number of aryl methyl sites for hydroxylation is 2. The predicted molar refractivity (Wildman–Crippen MR) is 89.9 cm³/mol. The molecule has 1 fully saturated rings. The number of nitrogens with zero attached hydrogens (tertiary/aromatic N) is 6. The van der Waals surface area contributed by atoms with Crippen LogP contribution in [-0.2, 0) is 12.8 Å². The molecule has 0 unspecified atom stereocenters. The minimum absolute atomic E-state index is 0.904. The number of rotatable bonds is 2. The maximum absolute atomic E-state index is 4.78. The van der Waals surface area contributed by atoms with E-state index in [1.807, 2.05) is 19.2 Å². The van der Waals surface area contributed by atoms with E-state index in [-0.39, 0.29) is 0 Å². The van der Waals surface area contributed by atoms with Crippen molar-refractivity contribution in [2.75, 3.05) is 36.0 Å². The normalized spacial score (nSPS) is 18.0. The lowest BCUT2D eigenvalue weighted by Gasteiger charge is -2.37. The van der Waals surface area contributed by atoms with Gasteiger partial charge in [-0.3, -0.25) is 0 Å². The van der Waals surface area contributed by atoms with E-state index < -0.39 is 0 Å². The third-order valence-electron chi connectivity index (χ3n) is 4.79. The summed E-state index contributed by atoms with van der Waals surface area (Å²) in [5, 5.41) is 7.84. The first-order valence-corrected chi connectivity index (χ1v) is 8.44. The molecule has 2 aromatic heterocycles. The third-order valence-corrected chi connectivity index (χ3v) is 4.79. The second-order valence-electron chi connectivity index (χ2n) is 6.30. The molecule has 1 saturated heterocycles. The average Bonchev–Trinajstić information content (AvgIpc) is 2.62. The molecule has 23 heavy (non-hydrogen) atoms. The highest BCUT2D eigenvalue weighted by Crippen LogP contribution is 2.29. The Morgan fingerprint density at radius 2 is 1.70 bits per heavy atom. The van der Waals surface area contributed by atoms with Crippen LogP contribution in [-0.4, -0.2) is 46.3 Å². The molecular weight excluding hydrogens is 288 g/mol. The Morgan fingerprint density at radius 3 is 2.48 bits per heavy atom. The first-order valence-electron chi connectivity index (χ1n) is 8.44. The molecule has 2 aromatic rings. The second-order valence-corrected chi connectivity index (χ2v) is 6.30. The molecule has 6 heteroatoms. The number of hydrogen-bond donors (Lipinski definition) is 0. The third kappa shape index (κ3) is 2.85. The average molecular weight is 310 g/mol. The second kappa shape index (κ2) is 6.10. The van der Waals surface area contributed by atoms with E-state index in [2.05, 4.69) is 25.0 Å². The van der Waals surface area contributed by atoms with Gasteiger partial charge >= 0.3 is 0 Å². The summed E-state index contributed by atoms with van der Waals surface area (Å²) < 4.78 is 0. The highest BCUT2D eigenvalue weighted by molar-refractivity contribution is 5.53. The molecule has 0 radical (unpaired) electrons. The lowest BCUT2D eigenvalue weighted by molar-refractivity contribution is 0.619. The van der Waals surface area contributed by atoms with Gasteiger partial charge in [0, 0.05) is 37.4 Å². The van der Waals surface area contributed by atoms with E-state index >= 15 is 0 Å². The predicted octanol–water partition coefficient (Wildman–Crippen LogP) is 1.78. The van der Waals surface area contributed by atoms with Crippen molar-refractivity contribution in [3.63, 3.8) is 0 Å². The van der Waals surface area contributed by atoms with Gasteiger partial charge in [-0.2, -0.15) is 10.2 Å². The van der Waals surface area contributed by atoms with Crippen LogP contribution in [0.2, 0.25) is 0 Å². The summed E-state index contributed by atoms with van der Waals surface area (Å²) in [5.41, 5.74) is 3.82. The molecule has 0 N–H and O–H groups in total. The molecular formula is C17H22N6. The fourth-order valence-electron chi connectivity index (χ4n) is 3.60. The quantitative estimate of drug-likeness (QED) is 0.843. The standard InChI is InChI=1S/C17H22N6/c1-13-20-16-5-3-2-4-15(16)17(21-13)23-10-8-22(9-11-23)14-6-7-18-19-12-14/h6-7,12H,2-5,8-11H2,1H3. The van der Waals surface area contributed by atoms with Crippen LogP contribution in [0.3, 0.4) is 0 Å². The zero-order valence-corrected chi connectivity index (χ0v) is 13.6. The Balaban J connectivity index is 1.54. The van der Waals surface area contributed by atoms with Gasteiger partial charge in [0.1, 0.15) is 11.6 Å². The van der Waals surface area contributed by atoms with Crippen LogP contribution < -0.4 is 9.80 Å². The van der Waals surface area contributed by atoms with Crippen LogP contribution in [0.5, 0.6) is 0 Å². The zero-order valence-electron chi connectivity index (χ0n) is 13.6. The number of piperazine rings is 1. The van der Waals surface area contributed by atoms with Gasteiger partial charge in [-0.05, 0) is 38.7 Å². The van der Waals surface area contributed by atoms with Crippen molar-refractivity contribution in [1.29, 1.82) is 0 Å². The van der Waals surface area contributed by atoms with Crippen molar-refractivity contribution in [2.45, 2.75) is 32.6 Å². The first-order chi connectivity index (χ1) is 11.3. The van der Waals surface area contributed by atoms with Gasteiger partial charge in [0.25, 0.3) is 0 Å². The molecule has 0 saturated carbocycles. The highest BCUT2D eigenvalue weighted by atomic mass is 15.3. The number of fused-ring (bicyclic) bond motifs is 1. The van der Waals surface area contributed by atoms with Crippen LogP contribution in [0.4, 0.5) is 11.5 Å². The van der Waals surface area contributed by atoms with E-state index in [9.17, 15) is 0 Å². The summed E-state index contributed by atoms with van der Waals surface area (Å²) in [6, 6.07) is 2.03. The number of hydrogen-bond acceptors (Lipinski definition) is 6. The Labute approximate surface area is 136 Å². The SMILES string of the molecule is Cc1nc2c(c(N3CCN(c4ccnnc4)CC3)n1)CCCC2. The molecule has 0 atom stereocenters. The van der Waals surface area contributed by atoms with Gasteiger partial charge in [-0.1, -0.05) is 0 Å². The smallest absolute Gasteiger partial charge is 0.135 e. The molecule has 4 rings (SSSR count). The van der Waals surface area contributed by atoms with E-state index in [0.717, 1.165) is 50.5 Å². The lowest BCUT2D eigenvalue weighted by Crippen LogP contribution is -2.47. The van der Waals surface area contributed by atoms with Gasteiger partial charge in [0.2, 0.25) is 0 Å². The van der Waals surface area contributed by atoms with Gasteiger partial charge in [-0.25, -0.2) is 9.97 Å². The monoisotopic (exact) mass is 310 g/mol. The first kappa shape index (κ1) is 14.4. The van der Waals surface area contributed by atoms with Crippen molar-refractivity contribution in [2.24, 2.45) is 0 Å². The Kier molecular flexibility index (Phi) is 3.81. The van der Waals surface area contributed by atoms with Crippen LogP contribution >= 0.6 is 0 Å². The molecule has 0 aromatic carbocycles. The van der Waals surface area contributed by atoms with Gasteiger partial charge in [0.15, 0.2) is 0 Å². The molecule has 0 spiro atoms. The zero-order chi connectivity index (χ0) is 15.6.